The Kier molecular flexibility index (Phi) is 3.72. The molecule has 18 heavy (non-hydrogen) atoms. The number of hydrogen-bond acceptors (Lipinski definition) is 2. The van der Waals surface area contributed by atoms with Crippen LogP contribution in [0.2, 0.25) is 5.02 Å². The monoisotopic (exact) mass is 268 g/mol. The number of hydrogen-bond donors (Lipinski definition) is 2. The van der Waals surface area contributed by atoms with Crippen LogP contribution in [0.4, 0.5) is 4.79 Å². The molecule has 2 N–H and O–H groups in total. The first-order valence-corrected chi connectivity index (χ1v) is 5.94. The maximum atomic E-state index is 11.6. The van der Waals surface area contributed by atoms with Crippen LogP contribution in [0.25, 0.3) is 0 Å². The number of aliphatic carboxylic acids is 1. The highest BCUT2D eigenvalue weighted by atomic mass is 35.5. The zero-order chi connectivity index (χ0) is 13.1. The van der Waals surface area contributed by atoms with E-state index in [9.17, 15) is 9.59 Å². The van der Waals surface area contributed by atoms with Crippen LogP contribution in [0.5, 0.6) is 0 Å². The van der Waals surface area contributed by atoms with Gasteiger partial charge in [-0.25, -0.2) is 4.79 Å². The fraction of sp³-hybridized carbons (Fsp3) is 0.333. The molecule has 2 amide bonds. The fourth-order valence-corrected chi connectivity index (χ4v) is 1.95. The van der Waals surface area contributed by atoms with Crippen LogP contribution < -0.4 is 5.32 Å². The van der Waals surface area contributed by atoms with E-state index in [0.29, 0.717) is 11.6 Å². The summed E-state index contributed by atoms with van der Waals surface area (Å²) in [7, 11) is 0. The van der Waals surface area contributed by atoms with Gasteiger partial charge in [0, 0.05) is 24.7 Å². The number of nitrogens with zero attached hydrogens (tertiary/aromatic N) is 1. The molecule has 1 aliphatic rings. The highest BCUT2D eigenvalue weighted by Crippen LogP contribution is 2.15. The average Bonchev–Trinajstić information content (AvgIpc) is 2.24. The van der Waals surface area contributed by atoms with Gasteiger partial charge in [-0.1, -0.05) is 23.7 Å². The lowest BCUT2D eigenvalue weighted by Gasteiger charge is -2.36. The van der Waals surface area contributed by atoms with Gasteiger partial charge in [-0.3, -0.25) is 4.79 Å². The second-order valence-electron chi connectivity index (χ2n) is 4.23. The summed E-state index contributed by atoms with van der Waals surface area (Å²) in [5, 5.41) is 12.0. The lowest BCUT2D eigenvalue weighted by molar-refractivity contribution is -0.146. The van der Waals surface area contributed by atoms with E-state index in [0.717, 1.165) is 5.56 Å². The topological polar surface area (TPSA) is 69.6 Å². The highest BCUT2D eigenvalue weighted by Gasteiger charge is 2.35. The molecule has 6 heteroatoms. The molecular weight excluding hydrogens is 256 g/mol. The van der Waals surface area contributed by atoms with Crippen molar-refractivity contribution in [2.75, 3.05) is 13.1 Å². The third kappa shape index (κ3) is 2.92. The van der Waals surface area contributed by atoms with E-state index < -0.39 is 11.9 Å². The van der Waals surface area contributed by atoms with Gasteiger partial charge in [0.1, 0.15) is 0 Å². The van der Waals surface area contributed by atoms with Crippen LogP contribution in [-0.2, 0) is 11.3 Å². The molecule has 0 bridgehead atoms. The Bertz CT molecular complexity index is 472. The van der Waals surface area contributed by atoms with E-state index >= 15 is 0 Å². The van der Waals surface area contributed by atoms with Crippen LogP contribution in [0, 0.1) is 5.92 Å². The second kappa shape index (κ2) is 5.27. The Morgan fingerprint density at radius 1 is 1.44 bits per heavy atom. The molecule has 0 radical (unpaired) electrons. The van der Waals surface area contributed by atoms with E-state index in [1.165, 1.54) is 4.90 Å². The van der Waals surface area contributed by atoms with Crippen LogP contribution in [0.3, 0.4) is 0 Å². The van der Waals surface area contributed by atoms with Crippen molar-refractivity contribution in [1.82, 2.24) is 10.2 Å². The molecule has 96 valence electrons. The summed E-state index contributed by atoms with van der Waals surface area (Å²) in [6, 6.07) is 6.97. The zero-order valence-corrected chi connectivity index (χ0v) is 10.4. The molecule has 1 aliphatic heterocycles. The SMILES string of the molecule is O=C(O)C1CN(C(=O)NCc2cccc(Cl)c2)C1. The van der Waals surface area contributed by atoms with E-state index in [1.807, 2.05) is 12.1 Å². The molecule has 1 saturated heterocycles. The molecule has 0 aromatic heterocycles. The third-order valence-corrected chi connectivity index (χ3v) is 3.09. The summed E-state index contributed by atoms with van der Waals surface area (Å²) >= 11 is 5.83. The van der Waals surface area contributed by atoms with Gasteiger partial charge in [0.05, 0.1) is 5.92 Å². The summed E-state index contributed by atoms with van der Waals surface area (Å²) in [6.07, 6.45) is 0. The highest BCUT2D eigenvalue weighted by molar-refractivity contribution is 6.30. The van der Waals surface area contributed by atoms with Crippen molar-refractivity contribution < 1.29 is 14.7 Å². The van der Waals surface area contributed by atoms with Gasteiger partial charge in [-0.05, 0) is 17.7 Å². The molecule has 0 saturated carbocycles. The van der Waals surface area contributed by atoms with E-state index in [-0.39, 0.29) is 19.1 Å². The molecule has 0 unspecified atom stereocenters. The van der Waals surface area contributed by atoms with Crippen molar-refractivity contribution in [3.63, 3.8) is 0 Å². The molecule has 1 aromatic rings. The van der Waals surface area contributed by atoms with Crippen molar-refractivity contribution in [3.05, 3.63) is 34.9 Å². The third-order valence-electron chi connectivity index (χ3n) is 2.85. The Hall–Kier alpha value is -1.75. The van der Waals surface area contributed by atoms with Crippen LogP contribution in [0.15, 0.2) is 24.3 Å². The molecule has 1 aromatic carbocycles. The number of amides is 2. The molecule has 5 nitrogen and oxygen atoms in total. The van der Waals surface area contributed by atoms with Crippen molar-refractivity contribution >= 4 is 23.6 Å². The number of urea groups is 1. The van der Waals surface area contributed by atoms with Gasteiger partial charge in [0.2, 0.25) is 0 Å². The summed E-state index contributed by atoms with van der Waals surface area (Å²) in [5.41, 5.74) is 0.908. The van der Waals surface area contributed by atoms with Gasteiger partial charge < -0.3 is 15.3 Å². The summed E-state index contributed by atoms with van der Waals surface area (Å²) in [4.78, 5) is 23.7. The van der Waals surface area contributed by atoms with Crippen LogP contribution in [0.1, 0.15) is 5.56 Å². The Morgan fingerprint density at radius 2 is 2.17 bits per heavy atom. The number of carboxylic acids is 1. The Balaban J connectivity index is 1.78. The van der Waals surface area contributed by atoms with Crippen LogP contribution in [-0.4, -0.2) is 35.1 Å². The summed E-state index contributed by atoms with van der Waals surface area (Å²) < 4.78 is 0. The quantitative estimate of drug-likeness (QED) is 0.874. The molecule has 0 spiro atoms. The van der Waals surface area contributed by atoms with Gasteiger partial charge >= 0.3 is 12.0 Å². The van der Waals surface area contributed by atoms with Gasteiger partial charge in [-0.15, -0.1) is 0 Å². The predicted molar refractivity (Wildman–Crippen MR) is 66.4 cm³/mol. The van der Waals surface area contributed by atoms with Crippen molar-refractivity contribution in [1.29, 1.82) is 0 Å². The lowest BCUT2D eigenvalue weighted by atomic mass is 10.0. The largest absolute Gasteiger partial charge is 0.481 e. The minimum absolute atomic E-state index is 0.243. The molecule has 0 atom stereocenters. The maximum Gasteiger partial charge on any atom is 0.317 e. The lowest BCUT2D eigenvalue weighted by Crippen LogP contribution is -2.56. The van der Waals surface area contributed by atoms with Gasteiger partial charge in [0.15, 0.2) is 0 Å². The van der Waals surface area contributed by atoms with Crippen LogP contribution >= 0.6 is 11.6 Å². The number of nitrogens with one attached hydrogen (secondary N) is 1. The second-order valence-corrected chi connectivity index (χ2v) is 4.67. The number of benzene rings is 1. The minimum Gasteiger partial charge on any atom is -0.481 e. The van der Waals surface area contributed by atoms with Gasteiger partial charge in [0.25, 0.3) is 0 Å². The number of likely N-dealkylation sites (tertiary alicyclic amines) is 1. The molecule has 1 fully saturated rings. The Labute approximate surface area is 109 Å². The first-order valence-electron chi connectivity index (χ1n) is 5.56. The Morgan fingerprint density at radius 3 is 2.78 bits per heavy atom. The summed E-state index contributed by atoms with van der Waals surface area (Å²) in [6.45, 7) is 0.932. The number of carbonyl (C=O) groups is 2. The standard InChI is InChI=1S/C12H13ClN2O3/c13-10-3-1-2-8(4-10)5-14-12(18)15-6-9(7-15)11(16)17/h1-4,9H,5-7H2,(H,14,18)(H,16,17). The van der Waals surface area contributed by atoms with E-state index in [1.54, 1.807) is 12.1 Å². The molecule has 2 rings (SSSR count). The van der Waals surface area contributed by atoms with Crippen molar-refractivity contribution in [2.24, 2.45) is 5.92 Å². The number of halogens is 1. The normalized spacial score (nSPS) is 15.1. The minimum atomic E-state index is -0.853. The predicted octanol–water partition coefficient (Wildman–Crippen LogP) is 1.57. The fourth-order valence-electron chi connectivity index (χ4n) is 1.74. The van der Waals surface area contributed by atoms with Crippen molar-refractivity contribution in [3.8, 4) is 0 Å². The molecular formula is C12H13ClN2O3. The first-order chi connectivity index (χ1) is 8.56. The van der Waals surface area contributed by atoms with Crippen molar-refractivity contribution in [2.45, 2.75) is 6.54 Å². The van der Waals surface area contributed by atoms with E-state index in [4.69, 9.17) is 16.7 Å². The number of carboxylic acid groups (broad SMARTS) is 1. The zero-order valence-electron chi connectivity index (χ0n) is 9.60. The number of rotatable bonds is 3. The summed E-state index contributed by atoms with van der Waals surface area (Å²) in [5.74, 6) is -1.28. The first kappa shape index (κ1) is 12.7. The smallest absolute Gasteiger partial charge is 0.317 e. The number of carbonyl (C=O) groups excluding carboxylic acids is 1. The average molecular weight is 269 g/mol. The molecule has 0 aliphatic carbocycles. The van der Waals surface area contributed by atoms with E-state index in [2.05, 4.69) is 5.32 Å². The van der Waals surface area contributed by atoms with Gasteiger partial charge in [-0.2, -0.15) is 0 Å². The maximum absolute atomic E-state index is 11.6. The molecule has 1 heterocycles.